The van der Waals surface area contributed by atoms with Crippen LogP contribution in [0, 0.1) is 0 Å². The van der Waals surface area contributed by atoms with Gasteiger partial charge in [0, 0.05) is 6.04 Å². The minimum absolute atomic E-state index is 0.0476. The van der Waals surface area contributed by atoms with E-state index in [1.165, 1.54) is 0 Å². The molecule has 0 saturated carbocycles. The Bertz CT molecular complexity index is 434. The standard InChI is InChI=1S/C13H16F3NO2/c14-13(15,16)19-7-6-18-10-4-5-11-9(8-10)2-1-3-12(11)17/h4-5,8,12H,1-3,6-7,17H2. The minimum Gasteiger partial charge on any atom is -0.491 e. The summed E-state index contributed by atoms with van der Waals surface area (Å²) < 4.78 is 44.1. The van der Waals surface area contributed by atoms with Crippen LogP contribution < -0.4 is 10.5 Å². The molecule has 1 atom stereocenters. The van der Waals surface area contributed by atoms with Crippen molar-refractivity contribution in [1.82, 2.24) is 0 Å². The fourth-order valence-electron chi connectivity index (χ4n) is 2.23. The molecule has 2 N–H and O–H groups in total. The molecular weight excluding hydrogens is 259 g/mol. The average molecular weight is 275 g/mol. The average Bonchev–Trinajstić information content (AvgIpc) is 2.34. The molecule has 0 bridgehead atoms. The number of aryl methyl sites for hydroxylation is 1. The smallest absolute Gasteiger partial charge is 0.491 e. The van der Waals surface area contributed by atoms with Crippen LogP contribution in [0.1, 0.15) is 30.0 Å². The molecule has 0 aromatic heterocycles. The molecule has 0 radical (unpaired) electrons. The van der Waals surface area contributed by atoms with Crippen LogP contribution in [0.15, 0.2) is 18.2 Å². The molecule has 106 valence electrons. The first-order chi connectivity index (χ1) is 8.96. The third-order valence-corrected chi connectivity index (χ3v) is 3.09. The third-order valence-electron chi connectivity index (χ3n) is 3.09. The lowest BCUT2D eigenvalue weighted by atomic mass is 9.88. The summed E-state index contributed by atoms with van der Waals surface area (Å²) in [7, 11) is 0. The van der Waals surface area contributed by atoms with Crippen LogP contribution in [-0.2, 0) is 11.2 Å². The van der Waals surface area contributed by atoms with Crippen molar-refractivity contribution in [1.29, 1.82) is 0 Å². The number of fused-ring (bicyclic) bond motifs is 1. The van der Waals surface area contributed by atoms with Crippen molar-refractivity contribution in [2.24, 2.45) is 5.73 Å². The maximum absolute atomic E-state index is 11.8. The summed E-state index contributed by atoms with van der Waals surface area (Å²) in [5.41, 5.74) is 8.20. The number of halogens is 3. The van der Waals surface area contributed by atoms with Crippen molar-refractivity contribution >= 4 is 0 Å². The van der Waals surface area contributed by atoms with E-state index in [4.69, 9.17) is 10.5 Å². The number of hydrogen-bond donors (Lipinski definition) is 1. The molecule has 6 heteroatoms. The Hall–Kier alpha value is -1.27. The van der Waals surface area contributed by atoms with E-state index in [2.05, 4.69) is 4.74 Å². The molecule has 0 amide bonds. The van der Waals surface area contributed by atoms with E-state index in [-0.39, 0.29) is 12.6 Å². The zero-order valence-corrected chi connectivity index (χ0v) is 10.4. The van der Waals surface area contributed by atoms with Crippen molar-refractivity contribution in [3.8, 4) is 5.75 Å². The summed E-state index contributed by atoms with van der Waals surface area (Å²) in [5.74, 6) is 0.554. The van der Waals surface area contributed by atoms with Gasteiger partial charge in [-0.2, -0.15) is 0 Å². The summed E-state index contributed by atoms with van der Waals surface area (Å²) in [6, 6.07) is 5.52. The van der Waals surface area contributed by atoms with E-state index in [0.717, 1.165) is 30.4 Å². The second kappa shape index (κ2) is 5.79. The molecule has 0 fully saturated rings. The summed E-state index contributed by atoms with van der Waals surface area (Å²) in [4.78, 5) is 0. The highest BCUT2D eigenvalue weighted by Crippen LogP contribution is 2.30. The van der Waals surface area contributed by atoms with Crippen LogP contribution in [0.4, 0.5) is 13.2 Å². The maximum atomic E-state index is 11.8. The van der Waals surface area contributed by atoms with Crippen molar-refractivity contribution in [3.63, 3.8) is 0 Å². The van der Waals surface area contributed by atoms with Crippen LogP contribution in [0.2, 0.25) is 0 Å². The van der Waals surface area contributed by atoms with Gasteiger partial charge in [-0.15, -0.1) is 13.2 Å². The second-order valence-electron chi connectivity index (χ2n) is 4.50. The molecule has 0 heterocycles. The lowest BCUT2D eigenvalue weighted by Gasteiger charge is -2.22. The monoisotopic (exact) mass is 275 g/mol. The predicted octanol–water partition coefficient (Wildman–Crippen LogP) is 2.94. The van der Waals surface area contributed by atoms with Gasteiger partial charge >= 0.3 is 6.36 Å². The first-order valence-electron chi connectivity index (χ1n) is 6.17. The molecular formula is C13H16F3NO2. The summed E-state index contributed by atoms with van der Waals surface area (Å²) >= 11 is 0. The molecule has 1 aliphatic carbocycles. The van der Waals surface area contributed by atoms with E-state index >= 15 is 0 Å². The van der Waals surface area contributed by atoms with Crippen LogP contribution in [0.25, 0.3) is 0 Å². The summed E-state index contributed by atoms with van der Waals surface area (Å²) in [5, 5.41) is 0. The van der Waals surface area contributed by atoms with E-state index in [1.807, 2.05) is 12.1 Å². The molecule has 1 unspecified atom stereocenters. The molecule has 19 heavy (non-hydrogen) atoms. The van der Waals surface area contributed by atoms with Gasteiger partial charge in [0.2, 0.25) is 0 Å². The topological polar surface area (TPSA) is 44.5 Å². The van der Waals surface area contributed by atoms with Gasteiger partial charge in [0.05, 0.1) is 6.61 Å². The third kappa shape index (κ3) is 4.11. The predicted molar refractivity (Wildman–Crippen MR) is 63.8 cm³/mol. The maximum Gasteiger partial charge on any atom is 0.522 e. The Labute approximate surface area is 109 Å². The van der Waals surface area contributed by atoms with Crippen molar-refractivity contribution in [2.45, 2.75) is 31.7 Å². The number of alkyl halides is 3. The number of benzene rings is 1. The Morgan fingerprint density at radius 2 is 2.05 bits per heavy atom. The largest absolute Gasteiger partial charge is 0.522 e. The quantitative estimate of drug-likeness (QED) is 0.859. The van der Waals surface area contributed by atoms with Crippen LogP contribution >= 0.6 is 0 Å². The first-order valence-corrected chi connectivity index (χ1v) is 6.17. The molecule has 1 aromatic rings. The van der Waals surface area contributed by atoms with Gasteiger partial charge in [0.25, 0.3) is 0 Å². The van der Waals surface area contributed by atoms with Crippen LogP contribution in [0.5, 0.6) is 5.75 Å². The van der Waals surface area contributed by atoms with Gasteiger partial charge < -0.3 is 10.5 Å². The van der Waals surface area contributed by atoms with E-state index in [0.29, 0.717) is 5.75 Å². The Morgan fingerprint density at radius 3 is 2.79 bits per heavy atom. The van der Waals surface area contributed by atoms with Gasteiger partial charge in [-0.25, -0.2) is 0 Å². The van der Waals surface area contributed by atoms with Gasteiger partial charge in [0.15, 0.2) is 0 Å². The summed E-state index contributed by atoms with van der Waals surface area (Å²) in [6.07, 6.45) is -1.69. The highest BCUT2D eigenvalue weighted by Gasteiger charge is 2.28. The zero-order chi connectivity index (χ0) is 13.9. The second-order valence-corrected chi connectivity index (χ2v) is 4.50. The Morgan fingerprint density at radius 1 is 1.26 bits per heavy atom. The lowest BCUT2D eigenvalue weighted by molar-refractivity contribution is -0.325. The molecule has 2 rings (SSSR count). The van der Waals surface area contributed by atoms with Crippen molar-refractivity contribution < 1.29 is 22.6 Å². The molecule has 1 aliphatic rings. The van der Waals surface area contributed by atoms with E-state index in [9.17, 15) is 13.2 Å². The number of nitrogens with two attached hydrogens (primary N) is 1. The molecule has 0 aliphatic heterocycles. The minimum atomic E-state index is -4.61. The normalized spacial score (nSPS) is 19.1. The Balaban J connectivity index is 1.88. The highest BCUT2D eigenvalue weighted by molar-refractivity contribution is 5.38. The number of rotatable bonds is 4. The van der Waals surface area contributed by atoms with Gasteiger partial charge in [-0.3, -0.25) is 4.74 Å². The number of hydrogen-bond acceptors (Lipinski definition) is 3. The van der Waals surface area contributed by atoms with Crippen molar-refractivity contribution in [3.05, 3.63) is 29.3 Å². The summed E-state index contributed by atoms with van der Waals surface area (Å²) in [6.45, 7) is -0.648. The first kappa shape index (κ1) is 14.1. The van der Waals surface area contributed by atoms with Crippen LogP contribution in [-0.4, -0.2) is 19.6 Å². The van der Waals surface area contributed by atoms with E-state index in [1.54, 1.807) is 6.07 Å². The lowest BCUT2D eigenvalue weighted by Crippen LogP contribution is -2.19. The van der Waals surface area contributed by atoms with E-state index < -0.39 is 13.0 Å². The van der Waals surface area contributed by atoms with Crippen molar-refractivity contribution in [2.75, 3.05) is 13.2 Å². The fraction of sp³-hybridized carbons (Fsp3) is 0.538. The van der Waals surface area contributed by atoms with Gasteiger partial charge in [-0.1, -0.05) is 6.07 Å². The zero-order valence-electron chi connectivity index (χ0n) is 10.4. The molecule has 0 spiro atoms. The molecule has 1 aromatic carbocycles. The number of ether oxygens (including phenoxy) is 2. The SMILES string of the molecule is NC1CCCc2cc(OCCOC(F)(F)F)ccc21. The molecule has 3 nitrogen and oxygen atoms in total. The highest BCUT2D eigenvalue weighted by atomic mass is 19.4. The van der Waals surface area contributed by atoms with Crippen LogP contribution in [0.3, 0.4) is 0 Å². The van der Waals surface area contributed by atoms with Gasteiger partial charge in [0.1, 0.15) is 12.4 Å². The molecule has 0 saturated heterocycles. The van der Waals surface area contributed by atoms with Gasteiger partial charge in [-0.05, 0) is 42.5 Å². The Kier molecular flexibility index (Phi) is 4.31. The fourth-order valence-corrected chi connectivity index (χ4v) is 2.23.